The van der Waals surface area contributed by atoms with Crippen LogP contribution in [0.15, 0.2) is 78.2 Å². The van der Waals surface area contributed by atoms with Crippen LogP contribution in [0.4, 0.5) is 5.82 Å². The summed E-state index contributed by atoms with van der Waals surface area (Å²) >= 11 is 0. The second-order valence-corrected chi connectivity index (χ2v) is 6.71. The number of rotatable bonds is 4. The fourth-order valence-corrected chi connectivity index (χ4v) is 3.50. The number of methoxy groups -OCH3 is 1. The molecular weight excluding hydrogens is 378 g/mol. The zero-order valence-electron chi connectivity index (χ0n) is 16.1. The number of esters is 1. The third-order valence-corrected chi connectivity index (χ3v) is 4.94. The van der Waals surface area contributed by atoms with Gasteiger partial charge >= 0.3 is 5.97 Å². The molecule has 0 saturated heterocycles. The summed E-state index contributed by atoms with van der Waals surface area (Å²) < 4.78 is 6.82. The van der Waals surface area contributed by atoms with Gasteiger partial charge in [-0.1, -0.05) is 18.2 Å². The maximum atomic E-state index is 11.9. The Morgan fingerprint density at radius 1 is 1.07 bits per heavy atom. The Morgan fingerprint density at radius 3 is 2.87 bits per heavy atom. The van der Waals surface area contributed by atoms with Crippen molar-refractivity contribution in [1.82, 2.24) is 14.4 Å². The second-order valence-electron chi connectivity index (χ2n) is 6.71. The van der Waals surface area contributed by atoms with Crippen LogP contribution in [0.25, 0.3) is 27.5 Å². The Labute approximate surface area is 171 Å². The number of fused-ring (bicyclic) bond motifs is 4. The van der Waals surface area contributed by atoms with Gasteiger partial charge in [0.15, 0.2) is 5.82 Å². The van der Waals surface area contributed by atoms with Gasteiger partial charge in [-0.3, -0.25) is 10.4 Å². The first-order valence-corrected chi connectivity index (χ1v) is 9.36. The molecular formula is C23H17N5O2. The minimum Gasteiger partial charge on any atom is -0.465 e. The number of ether oxygens (including phenoxy) is 1. The first-order valence-electron chi connectivity index (χ1n) is 9.36. The molecule has 30 heavy (non-hydrogen) atoms. The van der Waals surface area contributed by atoms with Gasteiger partial charge in [-0.25, -0.2) is 9.78 Å². The number of pyridine rings is 1. The molecule has 0 aliphatic carbocycles. The molecule has 7 nitrogen and oxygen atoms in total. The minimum atomic E-state index is -0.400. The van der Waals surface area contributed by atoms with Crippen molar-refractivity contribution in [3.8, 4) is 0 Å². The van der Waals surface area contributed by atoms with Crippen molar-refractivity contribution >= 4 is 45.5 Å². The van der Waals surface area contributed by atoms with Crippen LogP contribution >= 0.6 is 0 Å². The molecule has 0 saturated carbocycles. The lowest BCUT2D eigenvalue weighted by atomic mass is 10.1. The highest BCUT2D eigenvalue weighted by atomic mass is 16.5. The van der Waals surface area contributed by atoms with Crippen molar-refractivity contribution < 1.29 is 9.53 Å². The number of nitrogens with zero attached hydrogens (tertiary/aromatic N) is 4. The van der Waals surface area contributed by atoms with Gasteiger partial charge in [0, 0.05) is 23.3 Å². The monoisotopic (exact) mass is 395 g/mol. The predicted octanol–water partition coefficient (Wildman–Crippen LogP) is 4.27. The van der Waals surface area contributed by atoms with E-state index in [1.54, 1.807) is 24.5 Å². The van der Waals surface area contributed by atoms with Gasteiger partial charge in [-0.15, -0.1) is 0 Å². The number of carbonyl (C=O) groups excluding carboxylic acids is 1. The lowest BCUT2D eigenvalue weighted by molar-refractivity contribution is 0.0601. The van der Waals surface area contributed by atoms with E-state index in [0.29, 0.717) is 16.9 Å². The number of hydrogen-bond acceptors (Lipinski definition) is 6. The highest BCUT2D eigenvalue weighted by molar-refractivity contribution is 5.98. The summed E-state index contributed by atoms with van der Waals surface area (Å²) in [6.45, 7) is 0. The first kappa shape index (κ1) is 17.8. The fourth-order valence-electron chi connectivity index (χ4n) is 3.50. The summed E-state index contributed by atoms with van der Waals surface area (Å²) in [7, 11) is 1.36. The maximum Gasteiger partial charge on any atom is 0.337 e. The lowest BCUT2D eigenvalue weighted by Crippen LogP contribution is -2.03. The zero-order chi connectivity index (χ0) is 20.5. The van der Waals surface area contributed by atoms with Crippen molar-refractivity contribution in [2.45, 2.75) is 0 Å². The average molecular weight is 395 g/mol. The quantitative estimate of drug-likeness (QED) is 0.279. The van der Waals surface area contributed by atoms with Gasteiger partial charge in [0.2, 0.25) is 0 Å². The van der Waals surface area contributed by atoms with Crippen LogP contribution in [-0.4, -0.2) is 33.7 Å². The number of hydrogen-bond donors (Lipinski definition) is 1. The van der Waals surface area contributed by atoms with E-state index >= 15 is 0 Å². The van der Waals surface area contributed by atoms with E-state index in [9.17, 15) is 4.79 Å². The molecule has 0 amide bonds. The maximum absolute atomic E-state index is 11.9. The molecule has 1 N–H and O–H groups in total. The van der Waals surface area contributed by atoms with Gasteiger partial charge in [-0.05, 0) is 42.5 Å². The molecule has 3 heterocycles. The molecule has 0 aliphatic heterocycles. The molecule has 7 heteroatoms. The Bertz CT molecular complexity index is 1430. The smallest absolute Gasteiger partial charge is 0.337 e. The summed E-state index contributed by atoms with van der Waals surface area (Å²) in [5.41, 5.74) is 7.78. The standard InChI is InChI=1S/C23H17N5O2/c1-30-23(29)15-8-9-20-19(13-15)26-22(21-7-4-12-28(20)21)27-25-14-16-10-11-24-18-6-3-2-5-17(16)18/h2-14H,1H3,(H,26,27)/b25-14+. The van der Waals surface area contributed by atoms with Crippen molar-refractivity contribution in [2.75, 3.05) is 12.5 Å². The average Bonchev–Trinajstić information content (AvgIpc) is 3.29. The number of hydrazone groups is 1. The SMILES string of the molecule is COC(=O)c1ccc2c(c1)nc(N/N=C/c1ccnc3ccccc13)c1cccn12. The summed E-state index contributed by atoms with van der Waals surface area (Å²) in [5.74, 6) is 0.188. The predicted molar refractivity (Wildman–Crippen MR) is 117 cm³/mol. The van der Waals surface area contributed by atoms with Crippen molar-refractivity contribution in [2.24, 2.45) is 5.10 Å². The third-order valence-electron chi connectivity index (χ3n) is 4.94. The molecule has 0 bridgehead atoms. The van der Waals surface area contributed by atoms with Crippen LogP contribution in [0.1, 0.15) is 15.9 Å². The third kappa shape index (κ3) is 3.02. The highest BCUT2D eigenvalue weighted by Gasteiger charge is 2.11. The summed E-state index contributed by atoms with van der Waals surface area (Å²) in [6.07, 6.45) is 5.46. The zero-order valence-corrected chi connectivity index (χ0v) is 16.1. The van der Waals surface area contributed by atoms with Gasteiger partial charge < -0.3 is 9.14 Å². The normalized spacial score (nSPS) is 11.5. The topological polar surface area (TPSA) is 80.9 Å². The molecule has 0 atom stereocenters. The number of nitrogens with one attached hydrogen (secondary N) is 1. The van der Waals surface area contributed by atoms with Crippen LogP contribution in [0.2, 0.25) is 0 Å². The minimum absolute atomic E-state index is 0.400. The van der Waals surface area contributed by atoms with Gasteiger partial charge in [0.1, 0.15) is 0 Å². The lowest BCUT2D eigenvalue weighted by Gasteiger charge is -2.09. The fraction of sp³-hybridized carbons (Fsp3) is 0.0435. The van der Waals surface area contributed by atoms with Crippen LogP contribution < -0.4 is 5.43 Å². The highest BCUT2D eigenvalue weighted by Crippen LogP contribution is 2.24. The number of aromatic nitrogens is 3. The Morgan fingerprint density at radius 2 is 1.97 bits per heavy atom. The van der Waals surface area contributed by atoms with E-state index in [4.69, 9.17) is 4.74 Å². The Balaban J connectivity index is 1.55. The van der Waals surface area contributed by atoms with E-state index in [1.807, 2.05) is 59.1 Å². The molecule has 5 rings (SSSR count). The van der Waals surface area contributed by atoms with Crippen LogP contribution in [0.5, 0.6) is 0 Å². The van der Waals surface area contributed by atoms with Crippen LogP contribution in [-0.2, 0) is 4.74 Å². The van der Waals surface area contributed by atoms with Crippen molar-refractivity contribution in [3.63, 3.8) is 0 Å². The summed E-state index contributed by atoms with van der Waals surface area (Å²) in [6, 6.07) is 19.0. The Kier molecular flexibility index (Phi) is 4.33. The van der Waals surface area contributed by atoms with Crippen LogP contribution in [0.3, 0.4) is 0 Å². The number of para-hydroxylation sites is 1. The molecule has 0 spiro atoms. The largest absolute Gasteiger partial charge is 0.465 e. The van der Waals surface area contributed by atoms with Crippen molar-refractivity contribution in [3.05, 3.63) is 84.2 Å². The number of benzene rings is 2. The Hall–Kier alpha value is -4.26. The van der Waals surface area contributed by atoms with E-state index in [-0.39, 0.29) is 0 Å². The summed E-state index contributed by atoms with van der Waals surface area (Å²) in [4.78, 5) is 20.9. The molecule has 0 aliphatic rings. The van der Waals surface area contributed by atoms with E-state index < -0.39 is 5.97 Å². The van der Waals surface area contributed by atoms with Crippen molar-refractivity contribution in [1.29, 1.82) is 0 Å². The number of carbonyl (C=O) groups is 1. The van der Waals surface area contributed by atoms with E-state index in [0.717, 1.165) is 27.5 Å². The van der Waals surface area contributed by atoms with Gasteiger partial charge in [-0.2, -0.15) is 5.10 Å². The molecule has 3 aromatic heterocycles. The van der Waals surface area contributed by atoms with E-state index in [2.05, 4.69) is 20.5 Å². The van der Waals surface area contributed by atoms with Crippen LogP contribution in [0, 0.1) is 0 Å². The number of anilines is 1. The molecule has 0 unspecified atom stereocenters. The second kappa shape index (κ2) is 7.29. The van der Waals surface area contributed by atoms with E-state index in [1.165, 1.54) is 7.11 Å². The summed E-state index contributed by atoms with van der Waals surface area (Å²) in [5, 5.41) is 5.42. The molecule has 2 aromatic carbocycles. The molecule has 5 aromatic rings. The molecule has 0 radical (unpaired) electrons. The first-order chi connectivity index (χ1) is 14.7. The van der Waals surface area contributed by atoms with Gasteiger partial charge in [0.25, 0.3) is 0 Å². The molecule has 0 fully saturated rings. The van der Waals surface area contributed by atoms with Gasteiger partial charge in [0.05, 0.1) is 41.0 Å². The molecule has 146 valence electrons.